The van der Waals surface area contributed by atoms with Crippen LogP contribution in [0, 0.1) is 0 Å². The van der Waals surface area contributed by atoms with Crippen molar-refractivity contribution < 1.29 is 4.74 Å². The summed E-state index contributed by atoms with van der Waals surface area (Å²) in [4.78, 5) is 6.51. The van der Waals surface area contributed by atoms with Crippen LogP contribution in [0.15, 0.2) is 42.7 Å². The molecule has 0 saturated heterocycles. The third-order valence-electron chi connectivity index (χ3n) is 3.92. The van der Waals surface area contributed by atoms with Gasteiger partial charge in [-0.3, -0.25) is 4.98 Å². The number of methoxy groups -OCH3 is 1. The van der Waals surface area contributed by atoms with Gasteiger partial charge in [0.25, 0.3) is 0 Å². The molecule has 4 nitrogen and oxygen atoms in total. The predicted octanol–water partition coefficient (Wildman–Crippen LogP) is 2.78. The number of likely N-dealkylation sites (N-methyl/N-ethyl adjacent to an activating group) is 1. The Bertz CT molecular complexity index is 572. The van der Waals surface area contributed by atoms with Gasteiger partial charge in [0.1, 0.15) is 5.75 Å². The van der Waals surface area contributed by atoms with Gasteiger partial charge in [-0.1, -0.05) is 13.0 Å². The highest BCUT2D eigenvalue weighted by molar-refractivity contribution is 5.54. The second kappa shape index (κ2) is 8.39. The highest BCUT2D eigenvalue weighted by Crippen LogP contribution is 2.22. The quantitative estimate of drug-likeness (QED) is 0.762. The molecule has 118 valence electrons. The molecule has 0 atom stereocenters. The van der Waals surface area contributed by atoms with Gasteiger partial charge in [-0.25, -0.2) is 0 Å². The van der Waals surface area contributed by atoms with Crippen LogP contribution < -0.4 is 10.5 Å². The Morgan fingerprint density at radius 2 is 1.73 bits per heavy atom. The second-order valence-corrected chi connectivity index (χ2v) is 5.37. The van der Waals surface area contributed by atoms with Gasteiger partial charge in [-0.05, 0) is 54.8 Å². The van der Waals surface area contributed by atoms with E-state index in [1.165, 1.54) is 11.1 Å². The number of aromatic nitrogens is 1. The molecule has 0 fully saturated rings. The standard InChI is InChI=1S/C18H25N3O/c1-3-21(12-8-15-6-10-20-11-7-15)13-9-16-4-5-18(22-2)17(19)14-16/h4-7,10-11,14H,3,8-9,12-13,19H2,1-2H3. The molecular formula is C18H25N3O. The lowest BCUT2D eigenvalue weighted by atomic mass is 10.1. The zero-order valence-electron chi connectivity index (χ0n) is 13.5. The third-order valence-corrected chi connectivity index (χ3v) is 3.92. The number of pyridine rings is 1. The molecule has 0 unspecified atom stereocenters. The second-order valence-electron chi connectivity index (χ2n) is 5.37. The summed E-state index contributed by atoms with van der Waals surface area (Å²) in [6, 6.07) is 10.2. The third kappa shape index (κ3) is 4.74. The van der Waals surface area contributed by atoms with Gasteiger partial charge in [0.15, 0.2) is 0 Å². The van der Waals surface area contributed by atoms with Crippen molar-refractivity contribution in [3.63, 3.8) is 0 Å². The summed E-state index contributed by atoms with van der Waals surface area (Å²) in [6.45, 7) is 5.35. The van der Waals surface area contributed by atoms with Gasteiger partial charge in [-0.15, -0.1) is 0 Å². The Morgan fingerprint density at radius 3 is 2.32 bits per heavy atom. The summed E-state index contributed by atoms with van der Waals surface area (Å²) in [5, 5.41) is 0. The van der Waals surface area contributed by atoms with E-state index in [4.69, 9.17) is 10.5 Å². The van der Waals surface area contributed by atoms with Crippen LogP contribution in [0.1, 0.15) is 18.1 Å². The maximum Gasteiger partial charge on any atom is 0.141 e. The Kier molecular flexibility index (Phi) is 6.22. The van der Waals surface area contributed by atoms with Crippen molar-refractivity contribution in [1.29, 1.82) is 0 Å². The normalized spacial score (nSPS) is 10.9. The molecule has 0 aliphatic rings. The van der Waals surface area contributed by atoms with E-state index in [0.717, 1.165) is 38.2 Å². The number of nitrogens with zero attached hydrogens (tertiary/aromatic N) is 2. The van der Waals surface area contributed by atoms with E-state index in [2.05, 4.69) is 35.0 Å². The van der Waals surface area contributed by atoms with Gasteiger partial charge >= 0.3 is 0 Å². The van der Waals surface area contributed by atoms with E-state index >= 15 is 0 Å². The molecule has 4 heteroatoms. The molecule has 2 rings (SSSR count). The lowest BCUT2D eigenvalue weighted by Crippen LogP contribution is -2.28. The molecule has 1 heterocycles. The predicted molar refractivity (Wildman–Crippen MR) is 91.2 cm³/mol. The number of rotatable bonds is 8. The summed E-state index contributed by atoms with van der Waals surface area (Å²) in [5.41, 5.74) is 9.26. The summed E-state index contributed by atoms with van der Waals surface area (Å²) >= 11 is 0. The first-order valence-electron chi connectivity index (χ1n) is 7.76. The zero-order chi connectivity index (χ0) is 15.8. The lowest BCUT2D eigenvalue weighted by Gasteiger charge is -2.20. The van der Waals surface area contributed by atoms with Crippen molar-refractivity contribution in [1.82, 2.24) is 9.88 Å². The largest absolute Gasteiger partial charge is 0.495 e. The number of nitrogen functional groups attached to an aromatic ring is 1. The first kappa shape index (κ1) is 16.3. The van der Waals surface area contributed by atoms with Crippen LogP contribution in [-0.4, -0.2) is 36.6 Å². The molecule has 1 aromatic heterocycles. The number of anilines is 1. The first-order valence-corrected chi connectivity index (χ1v) is 7.76. The fraction of sp³-hybridized carbons (Fsp3) is 0.389. The van der Waals surface area contributed by atoms with E-state index in [1.54, 1.807) is 7.11 Å². The zero-order valence-corrected chi connectivity index (χ0v) is 13.5. The van der Waals surface area contributed by atoms with Gasteiger partial charge in [0.2, 0.25) is 0 Å². The van der Waals surface area contributed by atoms with Gasteiger partial charge in [0, 0.05) is 25.5 Å². The van der Waals surface area contributed by atoms with Crippen molar-refractivity contribution in [3.8, 4) is 5.75 Å². The number of ether oxygens (including phenoxy) is 1. The van der Waals surface area contributed by atoms with Gasteiger partial charge in [-0.2, -0.15) is 0 Å². The smallest absolute Gasteiger partial charge is 0.141 e. The maximum absolute atomic E-state index is 5.96. The topological polar surface area (TPSA) is 51.4 Å². The van der Waals surface area contributed by atoms with Crippen LogP contribution in [0.2, 0.25) is 0 Å². The van der Waals surface area contributed by atoms with Crippen LogP contribution in [0.5, 0.6) is 5.75 Å². The Hall–Kier alpha value is -2.07. The summed E-state index contributed by atoms with van der Waals surface area (Å²) in [6.07, 6.45) is 5.76. The SMILES string of the molecule is CCN(CCc1ccncc1)CCc1ccc(OC)c(N)c1. The van der Waals surface area contributed by atoms with Crippen molar-refractivity contribution >= 4 is 5.69 Å². The van der Waals surface area contributed by atoms with Crippen LogP contribution >= 0.6 is 0 Å². The Morgan fingerprint density at radius 1 is 1.05 bits per heavy atom. The van der Waals surface area contributed by atoms with Crippen molar-refractivity contribution in [2.24, 2.45) is 0 Å². The average Bonchev–Trinajstić information content (AvgIpc) is 2.56. The molecule has 0 amide bonds. The van der Waals surface area contributed by atoms with Crippen molar-refractivity contribution in [3.05, 3.63) is 53.9 Å². The summed E-state index contributed by atoms with van der Waals surface area (Å²) in [7, 11) is 1.64. The Balaban J connectivity index is 1.84. The monoisotopic (exact) mass is 299 g/mol. The Labute approximate surface area is 132 Å². The van der Waals surface area contributed by atoms with Gasteiger partial charge < -0.3 is 15.4 Å². The minimum atomic E-state index is 0.708. The molecule has 0 aliphatic carbocycles. The minimum absolute atomic E-state index is 0.708. The van der Waals surface area contributed by atoms with E-state index in [1.807, 2.05) is 24.5 Å². The molecule has 0 spiro atoms. The maximum atomic E-state index is 5.96. The van der Waals surface area contributed by atoms with E-state index in [9.17, 15) is 0 Å². The number of hydrogen-bond donors (Lipinski definition) is 1. The molecule has 2 N–H and O–H groups in total. The molecule has 0 bridgehead atoms. The van der Waals surface area contributed by atoms with Crippen LogP contribution in [0.3, 0.4) is 0 Å². The summed E-state index contributed by atoms with van der Waals surface area (Å²) < 4.78 is 5.19. The molecular weight excluding hydrogens is 274 g/mol. The fourth-order valence-electron chi connectivity index (χ4n) is 2.49. The molecule has 0 saturated carbocycles. The van der Waals surface area contributed by atoms with Crippen molar-refractivity contribution in [2.45, 2.75) is 19.8 Å². The van der Waals surface area contributed by atoms with Crippen molar-refractivity contribution in [2.75, 3.05) is 32.5 Å². The molecule has 0 radical (unpaired) electrons. The first-order chi connectivity index (χ1) is 10.7. The van der Waals surface area contributed by atoms with E-state index in [-0.39, 0.29) is 0 Å². The highest BCUT2D eigenvalue weighted by Gasteiger charge is 2.05. The van der Waals surface area contributed by atoms with E-state index < -0.39 is 0 Å². The number of hydrogen-bond acceptors (Lipinski definition) is 4. The summed E-state index contributed by atoms with van der Waals surface area (Å²) in [5.74, 6) is 0.744. The molecule has 22 heavy (non-hydrogen) atoms. The van der Waals surface area contributed by atoms with Gasteiger partial charge in [0.05, 0.1) is 12.8 Å². The lowest BCUT2D eigenvalue weighted by molar-refractivity contribution is 0.295. The number of nitrogens with two attached hydrogens (primary N) is 1. The highest BCUT2D eigenvalue weighted by atomic mass is 16.5. The van der Waals surface area contributed by atoms with E-state index in [0.29, 0.717) is 5.69 Å². The van der Waals surface area contributed by atoms with Crippen LogP contribution in [0.25, 0.3) is 0 Å². The fourth-order valence-corrected chi connectivity index (χ4v) is 2.49. The number of benzene rings is 1. The minimum Gasteiger partial charge on any atom is -0.495 e. The molecule has 2 aromatic rings. The molecule has 1 aromatic carbocycles. The van der Waals surface area contributed by atoms with Crippen LogP contribution in [0.4, 0.5) is 5.69 Å². The molecule has 0 aliphatic heterocycles. The average molecular weight is 299 g/mol. The van der Waals surface area contributed by atoms with Crippen LogP contribution in [-0.2, 0) is 12.8 Å².